The van der Waals surface area contributed by atoms with E-state index >= 15 is 0 Å². The van der Waals surface area contributed by atoms with Crippen LogP contribution in [0.15, 0.2) is 71.3 Å². The number of aromatic nitrogens is 4. The van der Waals surface area contributed by atoms with Crippen LogP contribution in [0.3, 0.4) is 0 Å². The first-order valence-corrected chi connectivity index (χ1v) is 12.8. The maximum Gasteiger partial charge on any atom is 0.289 e. The number of halogens is 1. The van der Waals surface area contributed by atoms with Gasteiger partial charge in [0.2, 0.25) is 0 Å². The number of rotatable bonds is 5. The molecule has 38 heavy (non-hydrogen) atoms. The van der Waals surface area contributed by atoms with Crippen LogP contribution in [-0.2, 0) is 0 Å². The van der Waals surface area contributed by atoms with Crippen LogP contribution in [-0.4, -0.2) is 56.6 Å². The standard InChI is InChI=1S/C28H26ClN7O2/c1-18-5-3-6-20(15-18)26-32-28-30-19(2)16-25(36(28)33-26)31-21-8-9-23(22(29)17-21)34-10-12-35(13-11-34)27(37)24-7-4-14-38-24/h3-9,14-17,31H,10-13H2,1-2H3. The Morgan fingerprint density at radius 3 is 2.55 bits per heavy atom. The molecule has 0 saturated carbocycles. The molecule has 5 aromatic rings. The Hall–Kier alpha value is -4.37. The maximum absolute atomic E-state index is 12.6. The Kier molecular flexibility index (Phi) is 6.21. The molecular formula is C28H26ClN7O2. The first kappa shape index (κ1) is 24.0. The van der Waals surface area contributed by atoms with E-state index in [4.69, 9.17) is 21.1 Å². The highest BCUT2D eigenvalue weighted by Gasteiger charge is 2.25. The number of fused-ring (bicyclic) bond motifs is 1. The Labute approximate surface area is 224 Å². The predicted molar refractivity (Wildman–Crippen MR) is 147 cm³/mol. The highest BCUT2D eigenvalue weighted by Crippen LogP contribution is 2.31. The molecule has 1 aliphatic heterocycles. The number of nitrogens with one attached hydrogen (secondary N) is 1. The molecule has 0 unspecified atom stereocenters. The average molecular weight is 528 g/mol. The van der Waals surface area contributed by atoms with Crippen molar-refractivity contribution in [2.24, 2.45) is 0 Å². The second-order valence-corrected chi connectivity index (χ2v) is 9.75. The summed E-state index contributed by atoms with van der Waals surface area (Å²) in [4.78, 5) is 25.8. The lowest BCUT2D eigenvalue weighted by Crippen LogP contribution is -2.48. The van der Waals surface area contributed by atoms with E-state index in [-0.39, 0.29) is 5.91 Å². The van der Waals surface area contributed by atoms with Crippen molar-refractivity contribution in [1.82, 2.24) is 24.5 Å². The van der Waals surface area contributed by atoms with Gasteiger partial charge in [0.05, 0.1) is 17.0 Å². The van der Waals surface area contributed by atoms with Crippen molar-refractivity contribution in [2.75, 3.05) is 36.4 Å². The van der Waals surface area contributed by atoms with Crippen LogP contribution < -0.4 is 10.2 Å². The number of benzene rings is 2. The van der Waals surface area contributed by atoms with E-state index in [0.717, 1.165) is 34.0 Å². The van der Waals surface area contributed by atoms with Crippen molar-refractivity contribution in [3.05, 3.63) is 89.0 Å². The second kappa shape index (κ2) is 9.83. The molecule has 1 amide bonds. The van der Waals surface area contributed by atoms with E-state index in [9.17, 15) is 4.79 Å². The minimum atomic E-state index is -0.0853. The fourth-order valence-electron chi connectivity index (χ4n) is 4.68. The van der Waals surface area contributed by atoms with Crippen LogP contribution in [0, 0.1) is 13.8 Å². The van der Waals surface area contributed by atoms with Gasteiger partial charge in [0.25, 0.3) is 11.7 Å². The van der Waals surface area contributed by atoms with Gasteiger partial charge in [-0.3, -0.25) is 4.79 Å². The third-order valence-electron chi connectivity index (χ3n) is 6.58. The molecule has 2 aromatic carbocycles. The van der Waals surface area contributed by atoms with Gasteiger partial charge in [0.1, 0.15) is 5.82 Å². The van der Waals surface area contributed by atoms with Gasteiger partial charge >= 0.3 is 0 Å². The number of nitrogens with zero attached hydrogens (tertiary/aromatic N) is 6. The fraction of sp³-hybridized carbons (Fsp3) is 0.214. The number of piperazine rings is 1. The van der Waals surface area contributed by atoms with Crippen molar-refractivity contribution in [3.8, 4) is 11.4 Å². The van der Waals surface area contributed by atoms with Gasteiger partial charge in [0, 0.05) is 49.2 Å². The Morgan fingerprint density at radius 2 is 1.82 bits per heavy atom. The molecule has 6 rings (SSSR count). The van der Waals surface area contributed by atoms with Gasteiger partial charge in [-0.2, -0.15) is 9.50 Å². The number of hydrogen-bond acceptors (Lipinski definition) is 7. The molecule has 9 nitrogen and oxygen atoms in total. The van der Waals surface area contributed by atoms with E-state index in [1.165, 1.54) is 6.26 Å². The lowest BCUT2D eigenvalue weighted by atomic mass is 10.1. The van der Waals surface area contributed by atoms with Crippen LogP contribution in [0.5, 0.6) is 0 Å². The van der Waals surface area contributed by atoms with Crippen LogP contribution in [0.2, 0.25) is 5.02 Å². The number of amides is 1. The van der Waals surface area contributed by atoms with E-state index in [0.29, 0.717) is 48.6 Å². The zero-order valence-corrected chi connectivity index (χ0v) is 21.8. The van der Waals surface area contributed by atoms with Crippen LogP contribution >= 0.6 is 11.6 Å². The van der Waals surface area contributed by atoms with Gasteiger partial charge in [-0.05, 0) is 50.2 Å². The molecule has 1 fully saturated rings. The third kappa shape index (κ3) is 4.68. The van der Waals surface area contributed by atoms with Gasteiger partial charge in [-0.1, -0.05) is 35.4 Å². The summed E-state index contributed by atoms with van der Waals surface area (Å²) in [5.74, 6) is 2.16. The highest BCUT2D eigenvalue weighted by atomic mass is 35.5. The number of anilines is 3. The summed E-state index contributed by atoms with van der Waals surface area (Å²) in [6.45, 7) is 6.54. The monoisotopic (exact) mass is 527 g/mol. The number of aryl methyl sites for hydroxylation is 2. The molecule has 0 aliphatic carbocycles. The lowest BCUT2D eigenvalue weighted by Gasteiger charge is -2.36. The number of furan rings is 1. The Bertz CT molecular complexity index is 1620. The summed E-state index contributed by atoms with van der Waals surface area (Å²) in [5.41, 5.74) is 4.67. The summed E-state index contributed by atoms with van der Waals surface area (Å²) >= 11 is 6.73. The SMILES string of the molecule is Cc1cccc(-c2nc3nc(C)cc(Nc4ccc(N5CCN(C(=O)c6ccco6)CC5)c(Cl)c4)n3n2)c1. The van der Waals surface area contributed by atoms with E-state index < -0.39 is 0 Å². The highest BCUT2D eigenvalue weighted by molar-refractivity contribution is 6.33. The van der Waals surface area contributed by atoms with Crippen LogP contribution in [0.1, 0.15) is 21.8 Å². The van der Waals surface area contributed by atoms with Gasteiger partial charge < -0.3 is 19.5 Å². The molecule has 0 spiro atoms. The second-order valence-electron chi connectivity index (χ2n) is 9.35. The first-order chi connectivity index (χ1) is 18.4. The molecular weight excluding hydrogens is 502 g/mol. The summed E-state index contributed by atoms with van der Waals surface area (Å²) < 4.78 is 6.97. The average Bonchev–Trinajstić information content (AvgIpc) is 3.59. The zero-order valence-electron chi connectivity index (χ0n) is 21.1. The Balaban J connectivity index is 1.20. The fourth-order valence-corrected chi connectivity index (χ4v) is 4.98. The van der Waals surface area contributed by atoms with Crippen molar-refractivity contribution in [1.29, 1.82) is 0 Å². The lowest BCUT2D eigenvalue weighted by molar-refractivity contribution is 0.0714. The van der Waals surface area contributed by atoms with E-state index in [1.54, 1.807) is 21.5 Å². The molecule has 0 bridgehead atoms. The van der Waals surface area contributed by atoms with Gasteiger partial charge in [-0.15, -0.1) is 5.10 Å². The molecule has 1 N–H and O–H groups in total. The van der Waals surface area contributed by atoms with Crippen LogP contribution in [0.4, 0.5) is 17.2 Å². The number of carbonyl (C=O) groups is 1. The van der Waals surface area contributed by atoms with Crippen molar-refractivity contribution in [3.63, 3.8) is 0 Å². The summed E-state index contributed by atoms with van der Waals surface area (Å²) in [6, 6.07) is 19.3. The van der Waals surface area contributed by atoms with E-state index in [1.807, 2.05) is 56.3 Å². The molecule has 0 radical (unpaired) electrons. The first-order valence-electron chi connectivity index (χ1n) is 12.4. The van der Waals surface area contributed by atoms with Crippen molar-refractivity contribution < 1.29 is 9.21 Å². The van der Waals surface area contributed by atoms with Crippen LogP contribution in [0.25, 0.3) is 17.2 Å². The quantitative estimate of drug-likeness (QED) is 0.329. The smallest absolute Gasteiger partial charge is 0.289 e. The number of carbonyl (C=O) groups excluding carboxylic acids is 1. The van der Waals surface area contributed by atoms with Crippen molar-refractivity contribution in [2.45, 2.75) is 13.8 Å². The number of hydrogen-bond donors (Lipinski definition) is 1. The predicted octanol–water partition coefficient (Wildman–Crippen LogP) is 5.36. The molecule has 192 valence electrons. The third-order valence-corrected chi connectivity index (χ3v) is 6.88. The van der Waals surface area contributed by atoms with E-state index in [2.05, 4.69) is 26.3 Å². The maximum atomic E-state index is 12.6. The molecule has 0 atom stereocenters. The summed E-state index contributed by atoms with van der Waals surface area (Å²) in [5, 5.41) is 8.77. The van der Waals surface area contributed by atoms with Crippen molar-refractivity contribution >= 4 is 40.5 Å². The topological polar surface area (TPSA) is 91.8 Å². The summed E-state index contributed by atoms with van der Waals surface area (Å²) in [6.07, 6.45) is 1.52. The minimum Gasteiger partial charge on any atom is -0.459 e. The van der Waals surface area contributed by atoms with Gasteiger partial charge in [-0.25, -0.2) is 4.98 Å². The molecule has 3 aromatic heterocycles. The minimum absolute atomic E-state index is 0.0853. The molecule has 1 aliphatic rings. The summed E-state index contributed by atoms with van der Waals surface area (Å²) in [7, 11) is 0. The molecule has 1 saturated heterocycles. The molecule has 4 heterocycles. The normalized spacial score (nSPS) is 13.8. The Morgan fingerprint density at radius 1 is 0.974 bits per heavy atom. The zero-order chi connectivity index (χ0) is 26.2. The largest absolute Gasteiger partial charge is 0.459 e. The van der Waals surface area contributed by atoms with Gasteiger partial charge in [0.15, 0.2) is 11.6 Å². The molecule has 10 heteroatoms.